The maximum atomic E-state index is 12.9. The molecule has 2 amide bonds. The zero-order valence-electron chi connectivity index (χ0n) is 13.7. The Morgan fingerprint density at radius 1 is 1.04 bits per heavy atom. The van der Waals surface area contributed by atoms with Crippen molar-refractivity contribution in [2.24, 2.45) is 23.7 Å². The lowest BCUT2D eigenvalue weighted by Crippen LogP contribution is -2.32. The van der Waals surface area contributed by atoms with Crippen LogP contribution in [0.1, 0.15) is 16.1 Å². The molecule has 0 unspecified atom stereocenters. The largest absolute Gasteiger partial charge is 0.422 e. The number of esters is 1. The van der Waals surface area contributed by atoms with E-state index >= 15 is 0 Å². The second kappa shape index (κ2) is 5.64. The van der Waals surface area contributed by atoms with Gasteiger partial charge in [0, 0.05) is 6.07 Å². The molecule has 5 rings (SSSR count). The highest BCUT2D eigenvalue weighted by Crippen LogP contribution is 2.53. The fraction of sp³-hybridized carbons (Fsp3) is 0.250. The topological polar surface area (TPSA) is 63.7 Å². The predicted octanol–water partition coefficient (Wildman–Crippen LogP) is 3.28. The number of anilines is 1. The molecule has 1 aromatic carbocycles. The van der Waals surface area contributed by atoms with E-state index in [0.29, 0.717) is 16.3 Å². The van der Waals surface area contributed by atoms with Crippen LogP contribution in [0.3, 0.4) is 0 Å². The zero-order valence-corrected chi connectivity index (χ0v) is 14.5. The lowest BCUT2D eigenvalue weighted by atomic mass is 9.85. The van der Waals surface area contributed by atoms with Gasteiger partial charge < -0.3 is 4.74 Å². The Bertz CT molecular complexity index is 918. The number of nitrogens with zero attached hydrogens (tertiary/aromatic N) is 1. The minimum absolute atomic E-state index is 0.140. The Kier molecular flexibility index (Phi) is 3.37. The minimum Gasteiger partial charge on any atom is -0.422 e. The highest BCUT2D eigenvalue weighted by atomic mass is 32.1. The van der Waals surface area contributed by atoms with Crippen molar-refractivity contribution < 1.29 is 19.1 Å². The SMILES string of the molecule is O=C(Oc1cccc(N2C(=O)[C@@H]3[C@H](C2=O)[C@@H]2C=C[C@@H]3C2)c1)c1cccs1. The number of carbonyl (C=O) groups excluding carboxylic acids is 3. The quantitative estimate of drug-likeness (QED) is 0.362. The molecule has 0 spiro atoms. The summed E-state index contributed by atoms with van der Waals surface area (Å²) in [7, 11) is 0. The molecule has 26 heavy (non-hydrogen) atoms. The summed E-state index contributed by atoms with van der Waals surface area (Å²) in [4.78, 5) is 39.6. The Hall–Kier alpha value is -2.73. The van der Waals surface area contributed by atoms with Gasteiger partial charge in [-0.1, -0.05) is 24.3 Å². The van der Waals surface area contributed by atoms with E-state index in [4.69, 9.17) is 4.74 Å². The van der Waals surface area contributed by atoms with Crippen LogP contribution in [0.4, 0.5) is 5.69 Å². The number of amides is 2. The maximum absolute atomic E-state index is 12.9. The highest BCUT2D eigenvalue weighted by molar-refractivity contribution is 7.12. The average molecular weight is 365 g/mol. The fourth-order valence-corrected chi connectivity index (χ4v) is 4.99. The molecule has 2 heterocycles. The lowest BCUT2D eigenvalue weighted by molar-refractivity contribution is -0.123. The van der Waals surface area contributed by atoms with E-state index in [1.54, 1.807) is 41.8 Å². The Morgan fingerprint density at radius 2 is 1.77 bits per heavy atom. The van der Waals surface area contributed by atoms with Gasteiger partial charge in [-0.3, -0.25) is 9.59 Å². The molecular weight excluding hydrogens is 350 g/mol. The summed E-state index contributed by atoms with van der Waals surface area (Å²) in [6, 6.07) is 10.1. The van der Waals surface area contributed by atoms with Gasteiger partial charge in [-0.05, 0) is 41.8 Å². The molecule has 1 saturated carbocycles. The summed E-state index contributed by atoms with van der Waals surface area (Å²) in [6.45, 7) is 0. The molecule has 5 nitrogen and oxygen atoms in total. The van der Waals surface area contributed by atoms with E-state index in [1.165, 1.54) is 16.2 Å². The van der Waals surface area contributed by atoms with E-state index in [1.807, 2.05) is 0 Å². The van der Waals surface area contributed by atoms with E-state index < -0.39 is 5.97 Å². The van der Waals surface area contributed by atoms with Gasteiger partial charge in [0.05, 0.1) is 17.5 Å². The van der Waals surface area contributed by atoms with Gasteiger partial charge in [-0.15, -0.1) is 11.3 Å². The summed E-state index contributed by atoms with van der Waals surface area (Å²) in [5.74, 6) is -0.547. The molecule has 6 heteroatoms. The van der Waals surface area contributed by atoms with Crippen molar-refractivity contribution in [1.82, 2.24) is 0 Å². The number of carbonyl (C=O) groups is 3. The third-order valence-corrected chi connectivity index (χ3v) is 6.33. The number of rotatable bonds is 3. The second-order valence-corrected chi connectivity index (χ2v) is 7.82. The van der Waals surface area contributed by atoms with Crippen molar-refractivity contribution in [1.29, 1.82) is 0 Å². The van der Waals surface area contributed by atoms with Gasteiger partial charge in [0.25, 0.3) is 0 Å². The normalized spacial score (nSPS) is 28.7. The smallest absolute Gasteiger partial charge is 0.353 e. The molecule has 1 saturated heterocycles. The number of thiophene rings is 1. The Balaban J connectivity index is 1.42. The lowest BCUT2D eigenvalue weighted by Gasteiger charge is -2.17. The van der Waals surface area contributed by atoms with Crippen molar-refractivity contribution >= 4 is 34.8 Å². The third kappa shape index (κ3) is 2.18. The van der Waals surface area contributed by atoms with Gasteiger partial charge >= 0.3 is 5.97 Å². The van der Waals surface area contributed by atoms with E-state index in [0.717, 1.165) is 6.42 Å². The van der Waals surface area contributed by atoms with Gasteiger partial charge in [-0.2, -0.15) is 0 Å². The first kappa shape index (κ1) is 15.5. The highest BCUT2D eigenvalue weighted by Gasteiger charge is 2.59. The van der Waals surface area contributed by atoms with E-state index in [9.17, 15) is 14.4 Å². The van der Waals surface area contributed by atoms with Gasteiger partial charge in [0.15, 0.2) is 0 Å². The Morgan fingerprint density at radius 3 is 2.42 bits per heavy atom. The molecule has 1 aromatic heterocycles. The molecule has 2 bridgehead atoms. The minimum atomic E-state index is -0.449. The first-order valence-corrected chi connectivity index (χ1v) is 9.43. The number of imide groups is 1. The number of hydrogen-bond donors (Lipinski definition) is 0. The van der Waals surface area contributed by atoms with Crippen LogP contribution in [0.25, 0.3) is 0 Å². The Labute approximate surface area is 153 Å². The van der Waals surface area contributed by atoms with Crippen molar-refractivity contribution in [3.8, 4) is 5.75 Å². The van der Waals surface area contributed by atoms with Crippen molar-refractivity contribution in [2.75, 3.05) is 4.90 Å². The summed E-state index contributed by atoms with van der Waals surface area (Å²) in [6.07, 6.45) is 5.04. The second-order valence-electron chi connectivity index (χ2n) is 6.88. The number of hydrogen-bond acceptors (Lipinski definition) is 5. The average Bonchev–Trinajstić information content (AvgIpc) is 3.39. The van der Waals surface area contributed by atoms with E-state index in [2.05, 4.69) is 12.2 Å². The first-order chi connectivity index (χ1) is 12.6. The van der Waals surface area contributed by atoms with Crippen LogP contribution in [0.15, 0.2) is 53.9 Å². The van der Waals surface area contributed by atoms with Gasteiger partial charge in [0.2, 0.25) is 11.8 Å². The number of ether oxygens (including phenoxy) is 1. The molecular formula is C20H15NO4S. The van der Waals surface area contributed by atoms with Crippen LogP contribution in [0.5, 0.6) is 5.75 Å². The van der Waals surface area contributed by atoms with Crippen molar-refractivity contribution in [2.45, 2.75) is 6.42 Å². The fourth-order valence-electron chi connectivity index (χ4n) is 4.39. The molecule has 1 aliphatic heterocycles. The van der Waals surface area contributed by atoms with Crippen LogP contribution in [0, 0.1) is 23.7 Å². The molecule has 130 valence electrons. The molecule has 2 aromatic rings. The molecule has 2 aliphatic carbocycles. The van der Waals surface area contributed by atoms with E-state index in [-0.39, 0.29) is 35.5 Å². The molecule has 2 fully saturated rings. The zero-order chi connectivity index (χ0) is 17.8. The molecule has 4 atom stereocenters. The number of fused-ring (bicyclic) bond motifs is 5. The van der Waals surface area contributed by atoms with Gasteiger partial charge in [-0.25, -0.2) is 9.69 Å². The van der Waals surface area contributed by atoms with Crippen molar-refractivity contribution in [3.63, 3.8) is 0 Å². The number of allylic oxidation sites excluding steroid dienone is 2. The van der Waals surface area contributed by atoms with Crippen LogP contribution in [-0.4, -0.2) is 17.8 Å². The van der Waals surface area contributed by atoms with Crippen LogP contribution >= 0.6 is 11.3 Å². The van der Waals surface area contributed by atoms with Crippen molar-refractivity contribution in [3.05, 3.63) is 58.8 Å². The van der Waals surface area contributed by atoms with Crippen LogP contribution < -0.4 is 9.64 Å². The standard InChI is InChI=1S/C20H15NO4S/c22-18-16-11-6-7-12(9-11)17(16)19(23)21(18)13-3-1-4-14(10-13)25-20(24)15-5-2-8-26-15/h1-8,10-12,16-17H,9H2/t11-,12-,16-,17+/m1/s1. The summed E-state index contributed by atoms with van der Waals surface area (Å²) < 4.78 is 5.39. The summed E-state index contributed by atoms with van der Waals surface area (Å²) >= 11 is 1.30. The molecule has 0 radical (unpaired) electrons. The maximum Gasteiger partial charge on any atom is 0.353 e. The first-order valence-electron chi connectivity index (χ1n) is 8.55. The van der Waals surface area contributed by atoms with Crippen LogP contribution in [-0.2, 0) is 9.59 Å². The molecule has 3 aliphatic rings. The van der Waals surface area contributed by atoms with Crippen LogP contribution in [0.2, 0.25) is 0 Å². The summed E-state index contributed by atoms with van der Waals surface area (Å²) in [5, 5.41) is 1.80. The summed E-state index contributed by atoms with van der Waals surface area (Å²) in [5.41, 5.74) is 0.463. The monoisotopic (exact) mass is 365 g/mol. The number of benzene rings is 1. The molecule has 0 N–H and O–H groups in total. The predicted molar refractivity (Wildman–Crippen MR) is 95.9 cm³/mol. The van der Waals surface area contributed by atoms with Gasteiger partial charge in [0.1, 0.15) is 10.6 Å². The third-order valence-electron chi connectivity index (χ3n) is 5.48.